The Balaban J connectivity index is 1.34. The standard InChI is InChI=1S/C92H102N4/c1-59(2)71-29-21-25-33-79(71)93(67-45-37-63(38-46-67)89(9,10)11)83-57-84(94(80-34-26-22-30-72(80)60(3)4)68-47-39-64(40-48-68)90(12,13)14)76-55-56-78-86(96(82-36-28-24-32-74(82)62(7)8)70-51-43-66(44-52-70)92(18,19)20)58-85(77-54-53-75(83)87(76)88(77)78)95(81-35-27-23-31-73(81)61(5)6)69-49-41-65(42-50-69)91(15,16)17/h21-62H,1-20H3. The van der Waals surface area contributed by atoms with E-state index in [1.165, 1.54) is 76.8 Å². The van der Waals surface area contributed by atoms with Crippen LogP contribution >= 0.6 is 0 Å². The summed E-state index contributed by atoms with van der Waals surface area (Å²) in [6.45, 7) is 46.5. The lowest BCUT2D eigenvalue weighted by Crippen LogP contribution is -2.18. The first-order valence-corrected chi connectivity index (χ1v) is 35.3. The molecule has 4 heteroatoms. The molecule has 0 unspecified atom stereocenters. The Kier molecular flexibility index (Phi) is 18.0. The molecule has 0 aliphatic heterocycles. The van der Waals surface area contributed by atoms with Gasteiger partial charge in [-0.1, -0.05) is 284 Å². The van der Waals surface area contributed by atoms with E-state index in [0.717, 1.165) is 68.2 Å². The molecule has 12 aromatic carbocycles. The van der Waals surface area contributed by atoms with Gasteiger partial charge in [-0.15, -0.1) is 0 Å². The van der Waals surface area contributed by atoms with E-state index in [0.29, 0.717) is 0 Å². The van der Waals surface area contributed by atoms with Gasteiger partial charge in [0.15, 0.2) is 0 Å². The van der Waals surface area contributed by atoms with E-state index >= 15 is 0 Å². The van der Waals surface area contributed by atoms with Crippen molar-refractivity contribution in [3.8, 4) is 0 Å². The predicted octanol–water partition coefficient (Wildman–Crippen LogP) is 28.1. The highest BCUT2D eigenvalue weighted by molar-refractivity contribution is 6.33. The second kappa shape index (κ2) is 25.8. The first-order chi connectivity index (χ1) is 45.5. The van der Waals surface area contributed by atoms with Crippen LogP contribution in [0.5, 0.6) is 0 Å². The normalized spacial score (nSPS) is 12.5. The summed E-state index contributed by atoms with van der Waals surface area (Å²) in [7, 11) is 0. The summed E-state index contributed by atoms with van der Waals surface area (Å²) in [6, 6.07) is 89.2. The van der Waals surface area contributed by atoms with Gasteiger partial charge in [0.25, 0.3) is 0 Å². The quantitative estimate of drug-likeness (QED) is 0.0894. The highest BCUT2D eigenvalue weighted by atomic mass is 15.2. The van der Waals surface area contributed by atoms with Gasteiger partial charge in [-0.2, -0.15) is 0 Å². The number of hydrogen-bond donors (Lipinski definition) is 0. The lowest BCUT2D eigenvalue weighted by molar-refractivity contribution is 0.590. The van der Waals surface area contributed by atoms with Crippen molar-refractivity contribution in [2.24, 2.45) is 0 Å². The lowest BCUT2D eigenvalue weighted by atomic mass is 9.86. The lowest BCUT2D eigenvalue weighted by Gasteiger charge is -2.36. The average molecular weight is 1260 g/mol. The van der Waals surface area contributed by atoms with E-state index in [1.54, 1.807) is 0 Å². The fourth-order valence-corrected chi connectivity index (χ4v) is 14.5. The molecule has 0 fully saturated rings. The summed E-state index contributed by atoms with van der Waals surface area (Å²) in [5, 5.41) is 7.08. The van der Waals surface area contributed by atoms with Crippen LogP contribution in [-0.2, 0) is 21.7 Å². The Morgan fingerprint density at radius 3 is 0.552 bits per heavy atom. The minimum Gasteiger partial charge on any atom is -0.310 e. The minimum absolute atomic E-state index is 0.0436. The van der Waals surface area contributed by atoms with E-state index in [2.05, 4.69) is 389 Å². The van der Waals surface area contributed by atoms with Gasteiger partial charge >= 0.3 is 0 Å². The van der Waals surface area contributed by atoms with Crippen molar-refractivity contribution in [2.75, 3.05) is 19.6 Å². The van der Waals surface area contributed by atoms with Crippen LogP contribution < -0.4 is 19.6 Å². The largest absolute Gasteiger partial charge is 0.310 e. The van der Waals surface area contributed by atoms with Gasteiger partial charge in [0.2, 0.25) is 0 Å². The van der Waals surface area contributed by atoms with E-state index < -0.39 is 0 Å². The van der Waals surface area contributed by atoms with Crippen LogP contribution in [0.2, 0.25) is 0 Å². The predicted molar refractivity (Wildman–Crippen MR) is 420 cm³/mol. The van der Waals surface area contributed by atoms with Gasteiger partial charge in [0.05, 0.1) is 22.7 Å². The minimum atomic E-state index is -0.0436. The van der Waals surface area contributed by atoms with Crippen molar-refractivity contribution >= 4 is 101 Å². The summed E-state index contributed by atoms with van der Waals surface area (Å²) in [5.41, 5.74) is 23.6. The molecule has 12 aromatic rings. The molecule has 490 valence electrons. The van der Waals surface area contributed by atoms with E-state index in [-0.39, 0.29) is 45.3 Å². The number of anilines is 12. The topological polar surface area (TPSA) is 13.0 Å². The summed E-state index contributed by atoms with van der Waals surface area (Å²) in [5.74, 6) is 0.915. The van der Waals surface area contributed by atoms with Gasteiger partial charge in [0.1, 0.15) is 0 Å². The van der Waals surface area contributed by atoms with E-state index in [4.69, 9.17) is 0 Å². The van der Waals surface area contributed by atoms with Crippen molar-refractivity contribution in [1.82, 2.24) is 0 Å². The van der Waals surface area contributed by atoms with Crippen LogP contribution in [0.4, 0.5) is 68.2 Å². The maximum atomic E-state index is 2.60. The third-order valence-electron chi connectivity index (χ3n) is 19.9. The molecular weight excluding hydrogens is 1160 g/mol. The molecule has 0 atom stereocenters. The molecule has 0 aromatic heterocycles. The third-order valence-corrected chi connectivity index (χ3v) is 19.9. The molecule has 0 bridgehead atoms. The zero-order chi connectivity index (χ0) is 68.5. The number of rotatable bonds is 16. The Labute approximate surface area is 575 Å². The van der Waals surface area contributed by atoms with Crippen molar-refractivity contribution in [3.05, 3.63) is 275 Å². The number of para-hydroxylation sites is 4. The monoisotopic (exact) mass is 1260 g/mol. The Morgan fingerprint density at radius 2 is 0.385 bits per heavy atom. The van der Waals surface area contributed by atoms with Crippen LogP contribution in [0, 0.1) is 0 Å². The molecule has 0 saturated heterocycles. The molecule has 96 heavy (non-hydrogen) atoms. The molecule has 0 aliphatic rings. The summed E-state index contributed by atoms with van der Waals surface area (Å²) < 4.78 is 0. The summed E-state index contributed by atoms with van der Waals surface area (Å²) in [4.78, 5) is 10.4. The zero-order valence-electron chi connectivity index (χ0n) is 61.0. The highest BCUT2D eigenvalue weighted by Crippen LogP contribution is 2.57. The molecule has 0 aliphatic carbocycles. The van der Waals surface area contributed by atoms with Crippen LogP contribution in [0.15, 0.2) is 231 Å². The smallest absolute Gasteiger partial charge is 0.0561 e. The first kappa shape index (κ1) is 66.9. The number of benzene rings is 12. The van der Waals surface area contributed by atoms with Crippen molar-refractivity contribution in [1.29, 1.82) is 0 Å². The van der Waals surface area contributed by atoms with E-state index in [1.807, 2.05) is 0 Å². The molecule has 4 nitrogen and oxygen atoms in total. The van der Waals surface area contributed by atoms with E-state index in [9.17, 15) is 0 Å². The molecule has 0 radical (unpaired) electrons. The SMILES string of the molecule is CC(C)c1ccccc1N(c1ccc(C(C)(C)C)cc1)c1cc(N(c2ccc(C(C)(C)C)cc2)c2ccccc2C(C)C)c2ccc3c(N(c4ccc(C(C)(C)C)cc4)c4ccccc4C(C)C)cc(N(c4ccc(C(C)(C)C)cc4)c4ccccc4C(C)C)c4ccc1c2c43. The fourth-order valence-electron chi connectivity index (χ4n) is 14.5. The Bertz CT molecular complexity index is 4130. The molecular formula is C92H102N4. The molecule has 12 rings (SSSR count). The van der Waals surface area contributed by atoms with Gasteiger partial charge in [-0.3, -0.25) is 0 Å². The van der Waals surface area contributed by atoms with Crippen LogP contribution in [-0.4, -0.2) is 0 Å². The van der Waals surface area contributed by atoms with Crippen LogP contribution in [0.25, 0.3) is 32.3 Å². The average Bonchev–Trinajstić information content (AvgIpc) is 0.699. The van der Waals surface area contributed by atoms with Crippen molar-refractivity contribution in [2.45, 2.75) is 184 Å². The van der Waals surface area contributed by atoms with Gasteiger partial charge in [-0.25, -0.2) is 0 Å². The molecule has 0 spiro atoms. The summed E-state index contributed by atoms with van der Waals surface area (Å²) >= 11 is 0. The molecule has 0 amide bonds. The van der Waals surface area contributed by atoms with Crippen molar-refractivity contribution in [3.63, 3.8) is 0 Å². The maximum Gasteiger partial charge on any atom is 0.0561 e. The van der Waals surface area contributed by atoms with Crippen molar-refractivity contribution < 1.29 is 0 Å². The Morgan fingerprint density at radius 1 is 0.208 bits per heavy atom. The second-order valence-electron chi connectivity index (χ2n) is 32.3. The molecule has 0 heterocycles. The van der Waals surface area contributed by atoms with Gasteiger partial charge < -0.3 is 19.6 Å². The molecule has 0 N–H and O–H groups in total. The van der Waals surface area contributed by atoms with Gasteiger partial charge in [-0.05, 0) is 175 Å². The number of nitrogens with zero attached hydrogens (tertiary/aromatic N) is 4. The number of hydrogen-bond acceptors (Lipinski definition) is 4. The summed E-state index contributed by atoms with van der Waals surface area (Å²) in [6.07, 6.45) is 0. The Hall–Kier alpha value is -9.12. The zero-order valence-corrected chi connectivity index (χ0v) is 61.0. The molecule has 0 saturated carbocycles. The maximum absolute atomic E-state index is 2.60. The fraction of sp³-hybridized carbons (Fsp3) is 0.304. The van der Waals surface area contributed by atoms with Crippen LogP contribution in [0.3, 0.4) is 0 Å². The highest BCUT2D eigenvalue weighted by Gasteiger charge is 2.33. The van der Waals surface area contributed by atoms with Gasteiger partial charge in [0, 0.05) is 77.8 Å². The first-order valence-electron chi connectivity index (χ1n) is 35.3. The second-order valence-corrected chi connectivity index (χ2v) is 32.3. The van der Waals surface area contributed by atoms with Crippen LogP contribution in [0.1, 0.15) is 207 Å². The third kappa shape index (κ3) is 12.7.